The van der Waals surface area contributed by atoms with Gasteiger partial charge in [0.15, 0.2) is 0 Å². The van der Waals surface area contributed by atoms with Gasteiger partial charge in [-0.3, -0.25) is 4.79 Å². The van der Waals surface area contributed by atoms with Crippen molar-refractivity contribution in [2.24, 2.45) is 5.73 Å². The van der Waals surface area contributed by atoms with Crippen molar-refractivity contribution >= 4 is 5.91 Å². The topological polar surface area (TPSA) is 46.3 Å². The molecule has 0 aromatic rings. The fourth-order valence-corrected chi connectivity index (χ4v) is 2.09. The van der Waals surface area contributed by atoms with Crippen LogP contribution in [-0.4, -0.2) is 36.6 Å². The average Bonchev–Trinajstić information content (AvgIpc) is 2.37. The van der Waals surface area contributed by atoms with E-state index in [2.05, 4.69) is 0 Å². The zero-order chi connectivity index (χ0) is 14.3. The van der Waals surface area contributed by atoms with Crippen LogP contribution >= 0.6 is 0 Å². The lowest BCUT2D eigenvalue weighted by Crippen LogP contribution is -2.36. The molecule has 0 fully saturated rings. The molecule has 19 heavy (non-hydrogen) atoms. The summed E-state index contributed by atoms with van der Waals surface area (Å²) in [7, 11) is 0. The van der Waals surface area contributed by atoms with Gasteiger partial charge in [-0.25, -0.2) is 0 Å². The summed E-state index contributed by atoms with van der Waals surface area (Å²) < 4.78 is 37.2. The van der Waals surface area contributed by atoms with Crippen molar-refractivity contribution in [1.29, 1.82) is 0 Å². The fourth-order valence-electron chi connectivity index (χ4n) is 2.09. The van der Waals surface area contributed by atoms with Crippen LogP contribution in [-0.2, 0) is 4.79 Å². The quantitative estimate of drug-likeness (QED) is 0.599. The number of hydrogen-bond donors (Lipinski definition) is 1. The number of nitrogens with two attached hydrogens (primary N) is 1. The van der Waals surface area contributed by atoms with E-state index in [9.17, 15) is 18.0 Å². The van der Waals surface area contributed by atoms with E-state index in [1.807, 2.05) is 0 Å². The van der Waals surface area contributed by atoms with Crippen molar-refractivity contribution < 1.29 is 18.0 Å². The molecule has 0 bridgehead atoms. The summed E-state index contributed by atoms with van der Waals surface area (Å²) >= 11 is 0. The largest absolute Gasteiger partial charge is 0.412 e. The van der Waals surface area contributed by atoms with E-state index in [0.29, 0.717) is 13.0 Å². The number of hydrogen-bond acceptors (Lipinski definition) is 2. The lowest BCUT2D eigenvalue weighted by atomic mass is 10.1. The minimum Gasteiger partial charge on any atom is -0.339 e. The summed E-state index contributed by atoms with van der Waals surface area (Å²) in [5.41, 5.74) is 4.85. The standard InChI is InChI=1S/C13H21F3N2O/c14-13(15,16)11-6-9-18(10-7-11)12(19)5-3-1-2-4-8-17/h6H,1-5,7-10,17H2. The van der Waals surface area contributed by atoms with Gasteiger partial charge in [0.2, 0.25) is 5.91 Å². The third-order valence-electron chi connectivity index (χ3n) is 3.27. The third kappa shape index (κ3) is 5.63. The third-order valence-corrected chi connectivity index (χ3v) is 3.27. The van der Waals surface area contributed by atoms with Crippen LogP contribution in [0.2, 0.25) is 0 Å². The van der Waals surface area contributed by atoms with Gasteiger partial charge in [-0.05, 0) is 25.8 Å². The Morgan fingerprint density at radius 1 is 1.26 bits per heavy atom. The number of amides is 1. The molecule has 0 saturated heterocycles. The van der Waals surface area contributed by atoms with E-state index >= 15 is 0 Å². The first-order chi connectivity index (χ1) is 8.95. The molecule has 0 unspecified atom stereocenters. The zero-order valence-corrected chi connectivity index (χ0v) is 11.0. The van der Waals surface area contributed by atoms with Crippen molar-refractivity contribution in [2.45, 2.75) is 44.7 Å². The summed E-state index contributed by atoms with van der Waals surface area (Å²) in [6.45, 7) is 0.911. The molecule has 6 heteroatoms. The molecule has 1 aliphatic rings. The predicted octanol–water partition coefficient (Wildman–Crippen LogP) is 2.62. The Balaban J connectivity index is 2.27. The zero-order valence-electron chi connectivity index (χ0n) is 11.0. The van der Waals surface area contributed by atoms with Gasteiger partial charge >= 0.3 is 6.18 Å². The van der Waals surface area contributed by atoms with Crippen molar-refractivity contribution in [3.05, 3.63) is 11.6 Å². The van der Waals surface area contributed by atoms with E-state index in [1.54, 1.807) is 0 Å². The lowest BCUT2D eigenvalue weighted by molar-refractivity contribution is -0.132. The molecule has 1 amide bonds. The molecule has 1 rings (SSSR count). The maximum Gasteiger partial charge on any atom is 0.412 e. The summed E-state index contributed by atoms with van der Waals surface area (Å²) in [6, 6.07) is 0. The summed E-state index contributed by atoms with van der Waals surface area (Å²) in [6.07, 6.45) is 0.873. The molecule has 0 radical (unpaired) electrons. The first-order valence-corrected chi connectivity index (χ1v) is 6.69. The fraction of sp³-hybridized carbons (Fsp3) is 0.769. The SMILES string of the molecule is NCCCCCCC(=O)N1CC=C(C(F)(F)F)CC1. The highest BCUT2D eigenvalue weighted by Gasteiger charge is 2.35. The summed E-state index contributed by atoms with van der Waals surface area (Å²) in [5, 5.41) is 0. The smallest absolute Gasteiger partial charge is 0.339 e. The molecule has 0 aromatic heterocycles. The molecular weight excluding hydrogens is 257 g/mol. The number of alkyl halides is 3. The predicted molar refractivity (Wildman–Crippen MR) is 67.5 cm³/mol. The number of halogens is 3. The van der Waals surface area contributed by atoms with Crippen LogP contribution in [0.5, 0.6) is 0 Å². The Labute approximate surface area is 111 Å². The minimum atomic E-state index is -4.25. The van der Waals surface area contributed by atoms with Crippen LogP contribution in [0.25, 0.3) is 0 Å². The van der Waals surface area contributed by atoms with Crippen LogP contribution in [0, 0.1) is 0 Å². The van der Waals surface area contributed by atoms with Gasteiger partial charge in [0.1, 0.15) is 0 Å². The van der Waals surface area contributed by atoms with Gasteiger partial charge in [-0.1, -0.05) is 18.9 Å². The highest BCUT2D eigenvalue weighted by Crippen LogP contribution is 2.30. The van der Waals surface area contributed by atoms with Gasteiger partial charge < -0.3 is 10.6 Å². The van der Waals surface area contributed by atoms with Gasteiger partial charge in [-0.15, -0.1) is 0 Å². The monoisotopic (exact) mass is 278 g/mol. The Morgan fingerprint density at radius 2 is 1.95 bits per heavy atom. The second kappa shape index (κ2) is 7.53. The first kappa shape index (κ1) is 16.0. The van der Waals surface area contributed by atoms with Gasteiger partial charge in [0, 0.05) is 25.1 Å². The Bertz CT molecular complexity index is 326. The molecule has 0 spiro atoms. The Morgan fingerprint density at radius 3 is 2.47 bits per heavy atom. The number of nitrogens with zero attached hydrogens (tertiary/aromatic N) is 1. The molecule has 3 nitrogen and oxygen atoms in total. The van der Waals surface area contributed by atoms with Crippen LogP contribution in [0.1, 0.15) is 38.5 Å². The molecule has 1 aliphatic heterocycles. The molecular formula is C13H21F3N2O. The second-order valence-electron chi connectivity index (χ2n) is 4.77. The normalized spacial score (nSPS) is 16.4. The lowest BCUT2D eigenvalue weighted by Gasteiger charge is -2.27. The van der Waals surface area contributed by atoms with Crippen molar-refractivity contribution in [2.75, 3.05) is 19.6 Å². The van der Waals surface area contributed by atoms with E-state index in [-0.39, 0.29) is 25.4 Å². The molecule has 110 valence electrons. The number of rotatable bonds is 6. The van der Waals surface area contributed by atoms with Crippen molar-refractivity contribution in [3.8, 4) is 0 Å². The highest BCUT2D eigenvalue weighted by atomic mass is 19.4. The van der Waals surface area contributed by atoms with Gasteiger partial charge in [0.25, 0.3) is 0 Å². The van der Waals surface area contributed by atoms with E-state index in [1.165, 1.54) is 4.90 Å². The highest BCUT2D eigenvalue weighted by molar-refractivity contribution is 5.76. The van der Waals surface area contributed by atoms with Crippen LogP contribution in [0.4, 0.5) is 13.2 Å². The Hall–Kier alpha value is -1.04. The van der Waals surface area contributed by atoms with Crippen LogP contribution in [0.3, 0.4) is 0 Å². The maximum atomic E-state index is 12.4. The number of carbonyl (C=O) groups is 1. The molecule has 0 atom stereocenters. The first-order valence-electron chi connectivity index (χ1n) is 6.69. The molecule has 1 heterocycles. The second-order valence-corrected chi connectivity index (χ2v) is 4.77. The maximum absolute atomic E-state index is 12.4. The van der Waals surface area contributed by atoms with Crippen molar-refractivity contribution in [1.82, 2.24) is 4.90 Å². The molecule has 0 aromatic carbocycles. The Kier molecular flexibility index (Phi) is 6.34. The van der Waals surface area contributed by atoms with Crippen molar-refractivity contribution in [3.63, 3.8) is 0 Å². The minimum absolute atomic E-state index is 0.0507. The average molecular weight is 278 g/mol. The van der Waals surface area contributed by atoms with Crippen LogP contribution in [0.15, 0.2) is 11.6 Å². The van der Waals surface area contributed by atoms with E-state index in [4.69, 9.17) is 5.73 Å². The van der Waals surface area contributed by atoms with E-state index in [0.717, 1.165) is 31.8 Å². The van der Waals surface area contributed by atoms with Gasteiger partial charge in [-0.2, -0.15) is 13.2 Å². The van der Waals surface area contributed by atoms with Gasteiger partial charge in [0.05, 0.1) is 0 Å². The number of carbonyl (C=O) groups excluding carboxylic acids is 1. The molecule has 0 saturated carbocycles. The molecule has 0 aliphatic carbocycles. The van der Waals surface area contributed by atoms with Crippen LogP contribution < -0.4 is 5.73 Å². The number of unbranched alkanes of at least 4 members (excludes halogenated alkanes) is 3. The summed E-state index contributed by atoms with van der Waals surface area (Å²) in [4.78, 5) is 13.3. The summed E-state index contributed by atoms with van der Waals surface area (Å²) in [5.74, 6) is -0.0507. The molecule has 2 N–H and O–H groups in total. The van der Waals surface area contributed by atoms with E-state index < -0.39 is 11.7 Å².